The van der Waals surface area contributed by atoms with Gasteiger partial charge in [-0.25, -0.2) is 0 Å². The van der Waals surface area contributed by atoms with Crippen LogP contribution in [0.5, 0.6) is 0 Å². The van der Waals surface area contributed by atoms with E-state index in [1.807, 2.05) is 24.3 Å². The Bertz CT molecular complexity index is 918. The van der Waals surface area contributed by atoms with Gasteiger partial charge in [-0.15, -0.1) is 0 Å². The highest BCUT2D eigenvalue weighted by Crippen LogP contribution is 2.47. The molecule has 3 aromatic rings. The van der Waals surface area contributed by atoms with Crippen LogP contribution in [0.4, 0.5) is 0 Å². The predicted octanol–water partition coefficient (Wildman–Crippen LogP) is 3.44. The Morgan fingerprint density at radius 2 is 2.19 bits per heavy atom. The summed E-state index contributed by atoms with van der Waals surface area (Å²) in [5, 5.41) is 3.94. The topological polar surface area (TPSA) is 85.3 Å². The van der Waals surface area contributed by atoms with Crippen molar-refractivity contribution in [2.45, 2.75) is 38.6 Å². The summed E-state index contributed by atoms with van der Waals surface area (Å²) >= 11 is 0. The first-order chi connectivity index (χ1) is 13.1. The Balaban J connectivity index is 1.29. The summed E-state index contributed by atoms with van der Waals surface area (Å²) in [6.45, 7) is 2.68. The molecule has 3 aromatic heterocycles. The monoisotopic (exact) mass is 366 g/mol. The summed E-state index contributed by atoms with van der Waals surface area (Å²) in [5.74, 6) is 4.04. The minimum atomic E-state index is 0.00821. The number of hydrogen-bond donors (Lipinski definition) is 0. The van der Waals surface area contributed by atoms with Crippen molar-refractivity contribution in [2.24, 2.45) is 5.92 Å². The Morgan fingerprint density at radius 1 is 1.33 bits per heavy atom. The van der Waals surface area contributed by atoms with Gasteiger partial charge in [-0.1, -0.05) is 12.1 Å². The van der Waals surface area contributed by atoms with Crippen molar-refractivity contribution in [3.63, 3.8) is 0 Å². The van der Waals surface area contributed by atoms with Gasteiger partial charge in [-0.2, -0.15) is 4.98 Å². The molecule has 7 nitrogen and oxygen atoms in total. The Morgan fingerprint density at radius 3 is 2.93 bits per heavy atom. The van der Waals surface area contributed by atoms with Crippen molar-refractivity contribution in [3.05, 3.63) is 54.1 Å². The molecule has 1 saturated carbocycles. The number of pyridine rings is 1. The number of carbonyl (C=O) groups excluding carboxylic acids is 1. The van der Waals surface area contributed by atoms with Crippen molar-refractivity contribution in [3.8, 4) is 11.4 Å². The third-order valence-corrected chi connectivity index (χ3v) is 4.92. The second kappa shape index (κ2) is 7.34. The van der Waals surface area contributed by atoms with E-state index >= 15 is 0 Å². The van der Waals surface area contributed by atoms with E-state index in [9.17, 15) is 4.79 Å². The molecule has 1 fully saturated rings. The van der Waals surface area contributed by atoms with Gasteiger partial charge in [0, 0.05) is 43.8 Å². The van der Waals surface area contributed by atoms with Crippen LogP contribution in [-0.4, -0.2) is 33.0 Å². The van der Waals surface area contributed by atoms with Crippen LogP contribution >= 0.6 is 0 Å². The van der Waals surface area contributed by atoms with E-state index in [1.165, 1.54) is 6.42 Å². The fourth-order valence-corrected chi connectivity index (χ4v) is 3.09. The fourth-order valence-electron chi connectivity index (χ4n) is 3.09. The van der Waals surface area contributed by atoms with Crippen molar-refractivity contribution < 1.29 is 13.7 Å². The first-order valence-electron chi connectivity index (χ1n) is 9.15. The molecule has 1 amide bonds. The molecule has 140 valence electrons. The van der Waals surface area contributed by atoms with Crippen molar-refractivity contribution in [1.29, 1.82) is 0 Å². The van der Waals surface area contributed by atoms with Crippen LogP contribution in [0.25, 0.3) is 11.4 Å². The number of furan rings is 1. The standard InChI is InChI=1S/C20H22N4O3/c1-13-10-16(13)17-6-5-15(26-17)12-24(2)19(25)8-7-18-22-20(23-27-18)14-4-3-9-21-11-14/h3-6,9,11,13,16H,7-8,10,12H2,1-2H3. The molecule has 1 aliphatic carbocycles. The lowest BCUT2D eigenvalue weighted by atomic mass is 10.2. The zero-order valence-electron chi connectivity index (χ0n) is 15.5. The van der Waals surface area contributed by atoms with Gasteiger partial charge in [0.15, 0.2) is 0 Å². The average molecular weight is 366 g/mol. The van der Waals surface area contributed by atoms with Crippen molar-refractivity contribution in [2.75, 3.05) is 7.05 Å². The maximum atomic E-state index is 12.4. The molecule has 0 aliphatic heterocycles. The lowest BCUT2D eigenvalue weighted by molar-refractivity contribution is -0.130. The van der Waals surface area contributed by atoms with Crippen molar-refractivity contribution >= 4 is 5.91 Å². The van der Waals surface area contributed by atoms with Crippen LogP contribution in [-0.2, 0) is 17.8 Å². The van der Waals surface area contributed by atoms with E-state index < -0.39 is 0 Å². The largest absolute Gasteiger partial charge is 0.464 e. The first-order valence-corrected chi connectivity index (χ1v) is 9.15. The van der Waals surface area contributed by atoms with Crippen LogP contribution in [0, 0.1) is 5.92 Å². The second-order valence-corrected chi connectivity index (χ2v) is 7.13. The third kappa shape index (κ3) is 4.07. The predicted molar refractivity (Wildman–Crippen MR) is 97.6 cm³/mol. The maximum Gasteiger partial charge on any atom is 0.227 e. The zero-order valence-corrected chi connectivity index (χ0v) is 15.5. The fraction of sp³-hybridized carbons (Fsp3) is 0.400. The Hall–Kier alpha value is -2.96. The molecule has 2 unspecified atom stereocenters. The van der Waals surface area contributed by atoms with Crippen LogP contribution in [0.2, 0.25) is 0 Å². The van der Waals surface area contributed by atoms with Gasteiger partial charge < -0.3 is 13.8 Å². The number of carbonyl (C=O) groups is 1. The van der Waals surface area contributed by atoms with Gasteiger partial charge in [0.2, 0.25) is 17.6 Å². The Kier molecular flexibility index (Phi) is 4.75. The summed E-state index contributed by atoms with van der Waals surface area (Å²) in [6, 6.07) is 7.66. The first kappa shape index (κ1) is 17.5. The van der Waals surface area contributed by atoms with Gasteiger partial charge in [-0.05, 0) is 36.6 Å². The van der Waals surface area contributed by atoms with Crippen LogP contribution in [0.15, 0.2) is 45.6 Å². The van der Waals surface area contributed by atoms with Crippen LogP contribution < -0.4 is 0 Å². The minimum absolute atomic E-state index is 0.00821. The molecule has 0 spiro atoms. The highest BCUT2D eigenvalue weighted by Gasteiger charge is 2.36. The van der Waals surface area contributed by atoms with Crippen LogP contribution in [0.3, 0.4) is 0 Å². The van der Waals surface area contributed by atoms with E-state index in [0.29, 0.717) is 42.9 Å². The summed E-state index contributed by atoms with van der Waals surface area (Å²) in [4.78, 5) is 22.4. The minimum Gasteiger partial charge on any atom is -0.464 e. The smallest absolute Gasteiger partial charge is 0.227 e. The van der Waals surface area contributed by atoms with E-state index in [2.05, 4.69) is 22.0 Å². The number of rotatable bonds is 7. The summed E-state index contributed by atoms with van der Waals surface area (Å²) in [7, 11) is 1.78. The highest BCUT2D eigenvalue weighted by atomic mass is 16.5. The molecule has 3 heterocycles. The lowest BCUT2D eigenvalue weighted by Gasteiger charge is -2.15. The average Bonchev–Trinajstić information content (AvgIpc) is 3.08. The lowest BCUT2D eigenvalue weighted by Crippen LogP contribution is -2.26. The molecule has 27 heavy (non-hydrogen) atoms. The molecule has 4 rings (SSSR count). The molecular weight excluding hydrogens is 344 g/mol. The van der Waals surface area contributed by atoms with E-state index in [4.69, 9.17) is 8.94 Å². The molecule has 1 aliphatic rings. The Labute approximate surface area is 157 Å². The number of aryl methyl sites for hydroxylation is 1. The van der Waals surface area contributed by atoms with Gasteiger partial charge in [0.25, 0.3) is 0 Å². The molecule has 7 heteroatoms. The number of nitrogens with zero attached hydrogens (tertiary/aromatic N) is 4. The summed E-state index contributed by atoms with van der Waals surface area (Å²) in [6.07, 6.45) is 5.25. The normalized spacial score (nSPS) is 18.4. The molecule has 0 saturated heterocycles. The van der Waals surface area contributed by atoms with E-state index in [1.54, 1.807) is 24.3 Å². The molecule has 0 N–H and O–H groups in total. The molecule has 0 aromatic carbocycles. The summed E-state index contributed by atoms with van der Waals surface area (Å²) in [5.41, 5.74) is 0.787. The number of hydrogen-bond acceptors (Lipinski definition) is 6. The van der Waals surface area contributed by atoms with Crippen molar-refractivity contribution in [1.82, 2.24) is 20.0 Å². The van der Waals surface area contributed by atoms with Gasteiger partial charge in [0.05, 0.1) is 6.54 Å². The quantitative estimate of drug-likeness (QED) is 0.637. The summed E-state index contributed by atoms with van der Waals surface area (Å²) < 4.78 is 11.1. The van der Waals surface area contributed by atoms with Gasteiger partial charge in [0.1, 0.15) is 11.5 Å². The number of aromatic nitrogens is 3. The second-order valence-electron chi connectivity index (χ2n) is 7.13. The maximum absolute atomic E-state index is 12.4. The third-order valence-electron chi connectivity index (χ3n) is 4.92. The highest BCUT2D eigenvalue weighted by molar-refractivity contribution is 5.76. The molecule has 0 bridgehead atoms. The van der Waals surface area contributed by atoms with E-state index in [0.717, 1.165) is 17.1 Å². The molecular formula is C20H22N4O3. The SMILES string of the molecule is CC1CC1c1ccc(CN(C)C(=O)CCc2nc(-c3cccnc3)no2)o1. The van der Waals surface area contributed by atoms with Gasteiger partial charge >= 0.3 is 0 Å². The number of amides is 1. The van der Waals surface area contributed by atoms with Gasteiger partial charge in [-0.3, -0.25) is 9.78 Å². The molecule has 0 radical (unpaired) electrons. The van der Waals surface area contributed by atoms with Crippen LogP contribution in [0.1, 0.15) is 43.1 Å². The van der Waals surface area contributed by atoms with E-state index in [-0.39, 0.29) is 5.91 Å². The zero-order chi connectivity index (χ0) is 18.8. The molecule has 2 atom stereocenters.